The Morgan fingerprint density at radius 2 is 2.05 bits per heavy atom. The number of hydrogen-bond donors (Lipinski definition) is 1. The Morgan fingerprint density at radius 3 is 2.85 bits per heavy atom. The van der Waals surface area contributed by atoms with E-state index in [0.29, 0.717) is 5.92 Å². The summed E-state index contributed by atoms with van der Waals surface area (Å²) in [6, 6.07) is 14.8. The second kappa shape index (κ2) is 6.06. The predicted octanol–water partition coefficient (Wildman–Crippen LogP) is 3.11. The van der Waals surface area contributed by atoms with Gasteiger partial charge in [0.25, 0.3) is 0 Å². The summed E-state index contributed by atoms with van der Waals surface area (Å²) >= 11 is 0. The lowest BCUT2D eigenvalue weighted by atomic mass is 10.0. The number of anilines is 1. The van der Waals surface area contributed by atoms with E-state index in [0.717, 1.165) is 31.9 Å². The van der Waals surface area contributed by atoms with Gasteiger partial charge in [0.1, 0.15) is 0 Å². The number of fused-ring (bicyclic) bond motifs is 1. The van der Waals surface area contributed by atoms with Gasteiger partial charge in [-0.15, -0.1) is 0 Å². The lowest BCUT2D eigenvalue weighted by Crippen LogP contribution is -2.29. The molecule has 1 aliphatic heterocycles. The molecule has 1 unspecified atom stereocenters. The number of benzene rings is 1. The quantitative estimate of drug-likeness (QED) is 0.902. The summed E-state index contributed by atoms with van der Waals surface area (Å²) in [5, 5.41) is 3.50. The van der Waals surface area contributed by atoms with Crippen LogP contribution in [-0.2, 0) is 6.54 Å². The molecule has 2 aromatic rings. The number of aromatic nitrogens is 1. The molecule has 1 atom stereocenters. The molecule has 0 aliphatic carbocycles. The number of pyridine rings is 1. The van der Waals surface area contributed by atoms with E-state index < -0.39 is 0 Å². The maximum atomic E-state index is 4.43. The molecule has 0 saturated carbocycles. The van der Waals surface area contributed by atoms with Crippen molar-refractivity contribution >= 4 is 5.69 Å². The molecule has 3 rings (SSSR count). The van der Waals surface area contributed by atoms with Gasteiger partial charge in [-0.25, -0.2) is 0 Å². The van der Waals surface area contributed by atoms with Crippen molar-refractivity contribution in [3.05, 3.63) is 59.9 Å². The van der Waals surface area contributed by atoms with Gasteiger partial charge in [-0.05, 0) is 30.3 Å². The molecule has 3 nitrogen and oxygen atoms in total. The van der Waals surface area contributed by atoms with Crippen molar-refractivity contribution < 1.29 is 0 Å². The van der Waals surface area contributed by atoms with Gasteiger partial charge in [0, 0.05) is 37.4 Å². The molecule has 0 fully saturated rings. The molecule has 0 amide bonds. The molecule has 104 valence electrons. The molecule has 0 saturated heterocycles. The third-order valence-corrected chi connectivity index (χ3v) is 3.98. The van der Waals surface area contributed by atoms with Crippen LogP contribution in [0.1, 0.15) is 24.1 Å². The van der Waals surface area contributed by atoms with E-state index in [-0.39, 0.29) is 0 Å². The number of para-hydroxylation sites is 1. The standard InChI is InChI=1S/C17H21N3/c1-2-20(13-15-7-5-6-10-18-15)12-14-11-19-17-9-4-3-8-16(14)17/h3-10,14,19H,2,11-13H2,1H3. The summed E-state index contributed by atoms with van der Waals surface area (Å²) in [6.45, 7) is 6.32. The third-order valence-electron chi connectivity index (χ3n) is 3.98. The molecule has 0 radical (unpaired) electrons. The van der Waals surface area contributed by atoms with Crippen LogP contribution in [0.25, 0.3) is 0 Å². The fraction of sp³-hybridized carbons (Fsp3) is 0.353. The molecule has 0 spiro atoms. The highest BCUT2D eigenvalue weighted by Gasteiger charge is 2.23. The third kappa shape index (κ3) is 2.83. The van der Waals surface area contributed by atoms with E-state index in [2.05, 4.69) is 58.5 Å². The van der Waals surface area contributed by atoms with Crippen molar-refractivity contribution in [1.82, 2.24) is 9.88 Å². The average Bonchev–Trinajstić information content (AvgIpc) is 2.91. The van der Waals surface area contributed by atoms with Crippen LogP contribution < -0.4 is 5.32 Å². The van der Waals surface area contributed by atoms with E-state index >= 15 is 0 Å². The first-order chi connectivity index (χ1) is 9.86. The van der Waals surface area contributed by atoms with Crippen molar-refractivity contribution in [3.8, 4) is 0 Å². The first-order valence-electron chi connectivity index (χ1n) is 7.32. The number of likely N-dealkylation sites (N-methyl/N-ethyl adjacent to an activating group) is 1. The Labute approximate surface area is 120 Å². The van der Waals surface area contributed by atoms with E-state index in [4.69, 9.17) is 0 Å². The van der Waals surface area contributed by atoms with Crippen molar-refractivity contribution in [2.75, 3.05) is 25.0 Å². The van der Waals surface area contributed by atoms with Gasteiger partial charge in [0.15, 0.2) is 0 Å². The zero-order chi connectivity index (χ0) is 13.8. The summed E-state index contributed by atoms with van der Waals surface area (Å²) < 4.78 is 0. The molecule has 1 aromatic carbocycles. The van der Waals surface area contributed by atoms with Crippen LogP contribution in [0.2, 0.25) is 0 Å². The minimum absolute atomic E-state index is 0.579. The van der Waals surface area contributed by atoms with Crippen molar-refractivity contribution in [1.29, 1.82) is 0 Å². The average molecular weight is 267 g/mol. The van der Waals surface area contributed by atoms with Gasteiger partial charge in [-0.1, -0.05) is 31.2 Å². The van der Waals surface area contributed by atoms with Crippen LogP contribution in [-0.4, -0.2) is 29.5 Å². The molecule has 0 bridgehead atoms. The van der Waals surface area contributed by atoms with E-state index in [1.54, 1.807) is 0 Å². The Morgan fingerprint density at radius 1 is 1.20 bits per heavy atom. The van der Waals surface area contributed by atoms with Crippen LogP contribution in [0.5, 0.6) is 0 Å². The fourth-order valence-corrected chi connectivity index (χ4v) is 2.86. The SMILES string of the molecule is CCN(Cc1ccccn1)CC1CNc2ccccc21. The normalized spacial score (nSPS) is 17.0. The van der Waals surface area contributed by atoms with Gasteiger partial charge >= 0.3 is 0 Å². The second-order valence-corrected chi connectivity index (χ2v) is 5.31. The number of rotatable bonds is 5. The summed E-state index contributed by atoms with van der Waals surface area (Å²) in [6.07, 6.45) is 1.87. The number of nitrogens with zero attached hydrogens (tertiary/aromatic N) is 2. The predicted molar refractivity (Wildman–Crippen MR) is 82.9 cm³/mol. The zero-order valence-corrected chi connectivity index (χ0v) is 11.9. The monoisotopic (exact) mass is 267 g/mol. The molecule has 1 aliphatic rings. The topological polar surface area (TPSA) is 28.2 Å². The van der Waals surface area contributed by atoms with Crippen LogP contribution >= 0.6 is 0 Å². The maximum Gasteiger partial charge on any atom is 0.0543 e. The smallest absolute Gasteiger partial charge is 0.0543 e. The van der Waals surface area contributed by atoms with Crippen LogP contribution in [0.3, 0.4) is 0 Å². The summed E-state index contributed by atoms with van der Waals surface area (Å²) in [5.74, 6) is 0.579. The Kier molecular flexibility index (Phi) is 3.97. The first-order valence-corrected chi connectivity index (χ1v) is 7.32. The minimum Gasteiger partial charge on any atom is -0.384 e. The fourth-order valence-electron chi connectivity index (χ4n) is 2.86. The van der Waals surface area contributed by atoms with Gasteiger partial charge in [0.2, 0.25) is 0 Å². The molecular weight excluding hydrogens is 246 g/mol. The molecule has 3 heteroatoms. The Bertz CT molecular complexity index is 553. The molecular formula is C17H21N3. The van der Waals surface area contributed by atoms with E-state index in [1.165, 1.54) is 11.3 Å². The number of hydrogen-bond acceptors (Lipinski definition) is 3. The summed E-state index contributed by atoms with van der Waals surface area (Å²) in [4.78, 5) is 6.90. The molecule has 1 aromatic heterocycles. The van der Waals surface area contributed by atoms with E-state index in [1.807, 2.05) is 12.3 Å². The second-order valence-electron chi connectivity index (χ2n) is 5.31. The van der Waals surface area contributed by atoms with Crippen LogP contribution in [0, 0.1) is 0 Å². The van der Waals surface area contributed by atoms with Gasteiger partial charge in [0.05, 0.1) is 5.69 Å². The minimum atomic E-state index is 0.579. The Balaban J connectivity index is 1.67. The highest BCUT2D eigenvalue weighted by Crippen LogP contribution is 2.31. The lowest BCUT2D eigenvalue weighted by Gasteiger charge is -2.23. The number of nitrogens with one attached hydrogen (secondary N) is 1. The van der Waals surface area contributed by atoms with Crippen LogP contribution in [0.4, 0.5) is 5.69 Å². The first kappa shape index (κ1) is 13.1. The highest BCUT2D eigenvalue weighted by molar-refractivity contribution is 5.57. The lowest BCUT2D eigenvalue weighted by molar-refractivity contribution is 0.263. The zero-order valence-electron chi connectivity index (χ0n) is 11.9. The van der Waals surface area contributed by atoms with Gasteiger partial charge < -0.3 is 5.32 Å². The van der Waals surface area contributed by atoms with Gasteiger partial charge in [-0.3, -0.25) is 9.88 Å². The van der Waals surface area contributed by atoms with Gasteiger partial charge in [-0.2, -0.15) is 0 Å². The highest BCUT2D eigenvalue weighted by atomic mass is 15.1. The largest absolute Gasteiger partial charge is 0.384 e. The molecule has 20 heavy (non-hydrogen) atoms. The summed E-state index contributed by atoms with van der Waals surface area (Å²) in [7, 11) is 0. The Hall–Kier alpha value is -1.87. The van der Waals surface area contributed by atoms with Crippen LogP contribution in [0.15, 0.2) is 48.7 Å². The summed E-state index contributed by atoms with van der Waals surface area (Å²) in [5.41, 5.74) is 3.90. The molecule has 2 heterocycles. The van der Waals surface area contributed by atoms with Crippen molar-refractivity contribution in [3.63, 3.8) is 0 Å². The van der Waals surface area contributed by atoms with Crippen molar-refractivity contribution in [2.24, 2.45) is 0 Å². The van der Waals surface area contributed by atoms with Crippen molar-refractivity contribution in [2.45, 2.75) is 19.4 Å². The van der Waals surface area contributed by atoms with E-state index in [9.17, 15) is 0 Å². The maximum absolute atomic E-state index is 4.43. The molecule has 1 N–H and O–H groups in total.